The van der Waals surface area contributed by atoms with E-state index in [4.69, 9.17) is 17.3 Å². The van der Waals surface area contributed by atoms with Gasteiger partial charge in [0.05, 0.1) is 5.60 Å². The Bertz CT molecular complexity index is 297. The molecule has 0 bridgehead atoms. The van der Waals surface area contributed by atoms with Gasteiger partial charge in [-0.2, -0.15) is 0 Å². The fourth-order valence-electron chi connectivity index (χ4n) is 1.37. The lowest BCUT2D eigenvalue weighted by atomic mass is 9.92. The van der Waals surface area contributed by atoms with Gasteiger partial charge in [0.25, 0.3) is 0 Å². The molecule has 1 aromatic rings. The third-order valence-electron chi connectivity index (χ3n) is 2.46. The van der Waals surface area contributed by atoms with E-state index in [1.54, 1.807) is 0 Å². The number of benzene rings is 1. The Balaban J connectivity index is 2.77. The highest BCUT2D eigenvalue weighted by molar-refractivity contribution is 6.30. The summed E-state index contributed by atoms with van der Waals surface area (Å²) in [7, 11) is 0. The van der Waals surface area contributed by atoms with Crippen LogP contribution in [0.4, 0.5) is 0 Å². The second kappa shape index (κ2) is 4.78. The Hall–Kier alpha value is -0.570. The van der Waals surface area contributed by atoms with Gasteiger partial charge in [0.2, 0.25) is 0 Å². The van der Waals surface area contributed by atoms with Crippen molar-refractivity contribution in [3.8, 4) is 0 Å². The highest BCUT2D eigenvalue weighted by atomic mass is 35.5. The molecule has 0 aliphatic rings. The minimum absolute atomic E-state index is 0.274. The van der Waals surface area contributed by atoms with Crippen molar-refractivity contribution in [2.75, 3.05) is 6.54 Å². The van der Waals surface area contributed by atoms with Crippen LogP contribution < -0.4 is 5.73 Å². The number of aliphatic hydroxyl groups is 1. The number of halogens is 1. The van der Waals surface area contributed by atoms with E-state index in [1.165, 1.54) is 0 Å². The maximum atomic E-state index is 10.0. The lowest BCUT2D eigenvalue weighted by molar-refractivity contribution is 0.0456. The Kier molecular flexibility index (Phi) is 3.93. The zero-order valence-corrected chi connectivity index (χ0v) is 9.09. The smallest absolute Gasteiger partial charge is 0.0806 e. The van der Waals surface area contributed by atoms with Crippen LogP contribution >= 0.6 is 11.6 Å². The molecule has 1 aromatic carbocycles. The molecule has 3 N–H and O–H groups in total. The highest BCUT2D eigenvalue weighted by Gasteiger charge is 2.22. The Morgan fingerprint density at radius 1 is 1.50 bits per heavy atom. The van der Waals surface area contributed by atoms with Gasteiger partial charge in [-0.05, 0) is 24.1 Å². The van der Waals surface area contributed by atoms with E-state index in [0.717, 1.165) is 5.56 Å². The van der Waals surface area contributed by atoms with Crippen LogP contribution in [0.5, 0.6) is 0 Å². The third-order valence-corrected chi connectivity index (χ3v) is 2.70. The van der Waals surface area contributed by atoms with Gasteiger partial charge in [-0.15, -0.1) is 0 Å². The molecule has 0 aliphatic carbocycles. The largest absolute Gasteiger partial charge is 0.388 e. The van der Waals surface area contributed by atoms with E-state index < -0.39 is 5.60 Å². The molecule has 0 saturated heterocycles. The molecule has 0 aliphatic heterocycles. The third kappa shape index (κ3) is 2.98. The van der Waals surface area contributed by atoms with Crippen molar-refractivity contribution < 1.29 is 5.11 Å². The molecule has 78 valence electrons. The fourth-order valence-corrected chi connectivity index (χ4v) is 1.58. The molecule has 0 spiro atoms. The van der Waals surface area contributed by atoms with Gasteiger partial charge in [0, 0.05) is 18.0 Å². The van der Waals surface area contributed by atoms with Gasteiger partial charge in [-0.25, -0.2) is 0 Å². The van der Waals surface area contributed by atoms with Crippen LogP contribution in [-0.2, 0) is 6.42 Å². The molecule has 1 rings (SSSR count). The van der Waals surface area contributed by atoms with Crippen LogP contribution in [0.3, 0.4) is 0 Å². The van der Waals surface area contributed by atoms with Gasteiger partial charge >= 0.3 is 0 Å². The van der Waals surface area contributed by atoms with Crippen molar-refractivity contribution in [1.29, 1.82) is 0 Å². The van der Waals surface area contributed by atoms with Crippen LogP contribution in [0.2, 0.25) is 5.02 Å². The molecular formula is C11H16ClNO. The molecule has 0 radical (unpaired) electrons. The maximum Gasteiger partial charge on any atom is 0.0806 e. The highest BCUT2D eigenvalue weighted by Crippen LogP contribution is 2.18. The van der Waals surface area contributed by atoms with Crippen molar-refractivity contribution in [1.82, 2.24) is 0 Å². The van der Waals surface area contributed by atoms with Crippen LogP contribution in [0.1, 0.15) is 18.9 Å². The topological polar surface area (TPSA) is 46.2 Å². The van der Waals surface area contributed by atoms with Crippen molar-refractivity contribution >= 4 is 11.6 Å². The molecule has 0 saturated carbocycles. The molecule has 0 heterocycles. The summed E-state index contributed by atoms with van der Waals surface area (Å²) in [5.41, 5.74) is 5.74. The quantitative estimate of drug-likeness (QED) is 0.804. The van der Waals surface area contributed by atoms with E-state index in [2.05, 4.69) is 0 Å². The first kappa shape index (κ1) is 11.5. The molecule has 0 fully saturated rings. The number of nitrogens with two attached hydrogens (primary N) is 1. The summed E-state index contributed by atoms with van der Waals surface area (Å²) in [5.74, 6) is 0. The van der Waals surface area contributed by atoms with E-state index in [0.29, 0.717) is 17.9 Å². The van der Waals surface area contributed by atoms with Crippen molar-refractivity contribution in [2.45, 2.75) is 25.4 Å². The Morgan fingerprint density at radius 3 is 2.71 bits per heavy atom. The summed E-state index contributed by atoms with van der Waals surface area (Å²) < 4.78 is 0. The summed E-state index contributed by atoms with van der Waals surface area (Å²) in [6.07, 6.45) is 1.20. The molecule has 1 unspecified atom stereocenters. The first-order valence-electron chi connectivity index (χ1n) is 4.76. The van der Waals surface area contributed by atoms with Gasteiger partial charge in [-0.3, -0.25) is 0 Å². The molecule has 2 nitrogen and oxygen atoms in total. The van der Waals surface area contributed by atoms with Crippen molar-refractivity contribution in [2.24, 2.45) is 5.73 Å². The second-order valence-electron chi connectivity index (χ2n) is 3.59. The number of rotatable bonds is 4. The monoisotopic (exact) mass is 213 g/mol. The van der Waals surface area contributed by atoms with E-state index in [1.807, 2.05) is 31.2 Å². The SMILES string of the molecule is CCC(O)(CN)Cc1cccc(Cl)c1. The zero-order valence-electron chi connectivity index (χ0n) is 8.33. The average molecular weight is 214 g/mol. The minimum Gasteiger partial charge on any atom is -0.388 e. The minimum atomic E-state index is -0.801. The van der Waals surface area contributed by atoms with E-state index >= 15 is 0 Å². The molecule has 3 heteroatoms. The fraction of sp³-hybridized carbons (Fsp3) is 0.455. The van der Waals surface area contributed by atoms with Gasteiger partial charge in [0.1, 0.15) is 0 Å². The summed E-state index contributed by atoms with van der Waals surface area (Å²) >= 11 is 5.85. The Morgan fingerprint density at radius 2 is 2.21 bits per heavy atom. The number of hydrogen-bond donors (Lipinski definition) is 2. The molecular weight excluding hydrogens is 198 g/mol. The van der Waals surface area contributed by atoms with Gasteiger partial charge < -0.3 is 10.8 Å². The second-order valence-corrected chi connectivity index (χ2v) is 4.03. The predicted octanol–water partition coefficient (Wildman–Crippen LogP) is 1.98. The van der Waals surface area contributed by atoms with Crippen molar-refractivity contribution in [3.63, 3.8) is 0 Å². The van der Waals surface area contributed by atoms with E-state index in [-0.39, 0.29) is 6.54 Å². The molecule has 1 atom stereocenters. The standard InChI is InChI=1S/C11H16ClNO/c1-2-11(14,8-13)7-9-4-3-5-10(12)6-9/h3-6,14H,2,7-8,13H2,1H3. The molecule has 0 amide bonds. The van der Waals surface area contributed by atoms with Crippen LogP contribution in [-0.4, -0.2) is 17.3 Å². The average Bonchev–Trinajstić information content (AvgIpc) is 2.18. The van der Waals surface area contributed by atoms with Crippen LogP contribution in [0.25, 0.3) is 0 Å². The molecule has 0 aromatic heterocycles. The van der Waals surface area contributed by atoms with E-state index in [9.17, 15) is 5.11 Å². The lowest BCUT2D eigenvalue weighted by Crippen LogP contribution is -2.39. The van der Waals surface area contributed by atoms with Crippen LogP contribution in [0.15, 0.2) is 24.3 Å². The predicted molar refractivity (Wildman–Crippen MR) is 59.5 cm³/mol. The van der Waals surface area contributed by atoms with Gasteiger partial charge in [-0.1, -0.05) is 30.7 Å². The Labute approximate surface area is 89.7 Å². The summed E-state index contributed by atoms with van der Waals surface area (Å²) in [6, 6.07) is 7.50. The van der Waals surface area contributed by atoms with Gasteiger partial charge in [0.15, 0.2) is 0 Å². The first-order valence-corrected chi connectivity index (χ1v) is 5.14. The summed E-state index contributed by atoms with van der Waals surface area (Å²) in [6.45, 7) is 2.20. The molecule has 14 heavy (non-hydrogen) atoms. The lowest BCUT2D eigenvalue weighted by Gasteiger charge is -2.24. The van der Waals surface area contributed by atoms with Crippen molar-refractivity contribution in [3.05, 3.63) is 34.9 Å². The maximum absolute atomic E-state index is 10.0. The normalized spacial score (nSPS) is 15.1. The first-order chi connectivity index (χ1) is 6.59. The zero-order chi connectivity index (χ0) is 10.6. The van der Waals surface area contributed by atoms with Crippen LogP contribution in [0, 0.1) is 0 Å². The number of hydrogen-bond acceptors (Lipinski definition) is 2. The summed E-state index contributed by atoms with van der Waals surface area (Å²) in [5, 5.41) is 10.7. The summed E-state index contributed by atoms with van der Waals surface area (Å²) in [4.78, 5) is 0.